The first-order chi connectivity index (χ1) is 8.28. The number of benzene rings is 1. The van der Waals surface area contributed by atoms with E-state index < -0.39 is 5.60 Å². The third kappa shape index (κ3) is 2.40. The molecule has 3 nitrogen and oxygen atoms in total. The van der Waals surface area contributed by atoms with Gasteiger partial charge in [-0.05, 0) is 52.3 Å². The van der Waals surface area contributed by atoms with E-state index in [0.717, 1.165) is 16.5 Å². The van der Waals surface area contributed by atoms with Gasteiger partial charge in [-0.2, -0.15) is 0 Å². The van der Waals surface area contributed by atoms with Crippen molar-refractivity contribution in [2.75, 3.05) is 0 Å². The number of hydrogen-bond donors (Lipinski definition) is 0. The van der Waals surface area contributed by atoms with Crippen LogP contribution in [0, 0.1) is 13.8 Å². The quantitative estimate of drug-likeness (QED) is 0.701. The molecule has 0 spiro atoms. The molecule has 2 aromatic rings. The molecule has 0 atom stereocenters. The van der Waals surface area contributed by atoms with Crippen LogP contribution in [-0.4, -0.2) is 16.3 Å². The molecule has 0 aliphatic heterocycles. The second kappa shape index (κ2) is 4.16. The zero-order chi connectivity index (χ0) is 13.5. The number of fused-ring (bicyclic) bond motifs is 1. The van der Waals surface area contributed by atoms with Crippen LogP contribution in [0.5, 0.6) is 0 Å². The van der Waals surface area contributed by atoms with E-state index in [9.17, 15) is 4.79 Å². The SMILES string of the molecule is Cc1ccc2c(c1)c(C)cn2C(=O)OC(C)(C)C. The van der Waals surface area contributed by atoms with Gasteiger partial charge in [0, 0.05) is 11.6 Å². The summed E-state index contributed by atoms with van der Waals surface area (Å²) in [5.41, 5.74) is 2.69. The van der Waals surface area contributed by atoms with Crippen LogP contribution in [0.2, 0.25) is 0 Å². The highest BCUT2D eigenvalue weighted by molar-refractivity contribution is 5.92. The maximum absolute atomic E-state index is 12.1. The molecule has 0 saturated heterocycles. The number of carbonyl (C=O) groups is 1. The van der Waals surface area contributed by atoms with Crippen LogP contribution in [0.1, 0.15) is 31.9 Å². The molecule has 18 heavy (non-hydrogen) atoms. The van der Waals surface area contributed by atoms with Gasteiger partial charge in [0.2, 0.25) is 0 Å². The molecule has 0 saturated carbocycles. The zero-order valence-corrected chi connectivity index (χ0v) is 11.6. The largest absolute Gasteiger partial charge is 0.443 e. The zero-order valence-electron chi connectivity index (χ0n) is 11.6. The normalized spacial score (nSPS) is 11.8. The molecule has 2 rings (SSSR count). The molecule has 0 radical (unpaired) electrons. The first kappa shape index (κ1) is 12.7. The summed E-state index contributed by atoms with van der Waals surface area (Å²) in [4.78, 5) is 12.1. The van der Waals surface area contributed by atoms with Gasteiger partial charge in [-0.25, -0.2) is 4.79 Å². The van der Waals surface area contributed by atoms with Gasteiger partial charge >= 0.3 is 6.09 Å². The van der Waals surface area contributed by atoms with E-state index >= 15 is 0 Å². The average Bonchev–Trinajstić information content (AvgIpc) is 2.54. The van der Waals surface area contributed by atoms with E-state index in [0.29, 0.717) is 0 Å². The highest BCUT2D eigenvalue weighted by atomic mass is 16.6. The van der Waals surface area contributed by atoms with Crippen LogP contribution in [0.4, 0.5) is 4.79 Å². The summed E-state index contributed by atoms with van der Waals surface area (Å²) in [6.07, 6.45) is 1.50. The summed E-state index contributed by atoms with van der Waals surface area (Å²) in [7, 11) is 0. The van der Waals surface area contributed by atoms with E-state index in [1.165, 1.54) is 5.56 Å². The van der Waals surface area contributed by atoms with Gasteiger partial charge in [0.15, 0.2) is 0 Å². The molecular formula is C15H19NO2. The summed E-state index contributed by atoms with van der Waals surface area (Å²) in [5, 5.41) is 1.10. The summed E-state index contributed by atoms with van der Waals surface area (Å²) in [5.74, 6) is 0. The minimum atomic E-state index is -0.480. The van der Waals surface area contributed by atoms with Crippen molar-refractivity contribution in [3.63, 3.8) is 0 Å². The van der Waals surface area contributed by atoms with Gasteiger partial charge in [0.1, 0.15) is 5.60 Å². The van der Waals surface area contributed by atoms with Crippen LogP contribution in [0.15, 0.2) is 24.4 Å². The van der Waals surface area contributed by atoms with Crippen molar-refractivity contribution >= 4 is 17.0 Å². The van der Waals surface area contributed by atoms with Crippen molar-refractivity contribution in [1.82, 2.24) is 4.57 Å². The predicted octanol–water partition coefficient (Wildman–Crippen LogP) is 4.04. The van der Waals surface area contributed by atoms with Crippen LogP contribution >= 0.6 is 0 Å². The van der Waals surface area contributed by atoms with Crippen molar-refractivity contribution in [1.29, 1.82) is 0 Å². The van der Waals surface area contributed by atoms with Crippen LogP contribution in [0.25, 0.3) is 10.9 Å². The molecule has 96 valence electrons. The summed E-state index contributed by atoms with van der Waals surface area (Å²) < 4.78 is 6.98. The van der Waals surface area contributed by atoms with Gasteiger partial charge in [-0.15, -0.1) is 0 Å². The highest BCUT2D eigenvalue weighted by Crippen LogP contribution is 2.23. The standard InChI is InChI=1S/C15H19NO2/c1-10-6-7-13-12(8-10)11(2)9-16(13)14(17)18-15(3,4)5/h6-9H,1-5H3. The Bertz CT molecular complexity index is 603. The molecule has 0 unspecified atom stereocenters. The van der Waals surface area contributed by atoms with E-state index in [1.807, 2.05) is 52.9 Å². The molecule has 3 heteroatoms. The van der Waals surface area contributed by atoms with E-state index in [1.54, 1.807) is 4.57 Å². The molecule has 0 N–H and O–H groups in total. The van der Waals surface area contributed by atoms with Crippen LogP contribution in [0.3, 0.4) is 0 Å². The molecule has 0 aliphatic carbocycles. The van der Waals surface area contributed by atoms with E-state index in [2.05, 4.69) is 6.07 Å². The van der Waals surface area contributed by atoms with E-state index in [-0.39, 0.29) is 6.09 Å². The van der Waals surface area contributed by atoms with Gasteiger partial charge in [-0.1, -0.05) is 11.6 Å². The Kier molecular flexibility index (Phi) is 2.93. The molecule has 1 aromatic heterocycles. The Hall–Kier alpha value is -1.77. The first-order valence-corrected chi connectivity index (χ1v) is 6.09. The smallest absolute Gasteiger partial charge is 0.418 e. The Balaban J connectivity index is 2.49. The topological polar surface area (TPSA) is 31.2 Å². The van der Waals surface area contributed by atoms with Crippen molar-refractivity contribution in [2.24, 2.45) is 0 Å². The lowest BCUT2D eigenvalue weighted by atomic mass is 10.1. The number of carbonyl (C=O) groups excluding carboxylic acids is 1. The molecule has 0 fully saturated rings. The third-order valence-electron chi connectivity index (χ3n) is 2.75. The Morgan fingerprint density at radius 2 is 1.89 bits per heavy atom. The monoisotopic (exact) mass is 245 g/mol. The Morgan fingerprint density at radius 1 is 1.22 bits per heavy atom. The van der Waals surface area contributed by atoms with Crippen molar-refractivity contribution in [3.8, 4) is 0 Å². The van der Waals surface area contributed by atoms with Crippen molar-refractivity contribution in [3.05, 3.63) is 35.5 Å². The molecular weight excluding hydrogens is 226 g/mol. The number of aromatic nitrogens is 1. The lowest BCUT2D eigenvalue weighted by Gasteiger charge is -2.19. The molecule has 0 amide bonds. The fraction of sp³-hybridized carbons (Fsp3) is 0.400. The van der Waals surface area contributed by atoms with Gasteiger partial charge in [0.25, 0.3) is 0 Å². The lowest BCUT2D eigenvalue weighted by molar-refractivity contribution is 0.0544. The third-order valence-corrected chi connectivity index (χ3v) is 2.75. The van der Waals surface area contributed by atoms with Crippen LogP contribution in [-0.2, 0) is 4.74 Å². The predicted molar refractivity (Wildman–Crippen MR) is 73.0 cm³/mol. The minimum Gasteiger partial charge on any atom is -0.443 e. The lowest BCUT2D eigenvalue weighted by Crippen LogP contribution is -2.26. The maximum atomic E-state index is 12.1. The fourth-order valence-corrected chi connectivity index (χ4v) is 1.97. The minimum absolute atomic E-state index is 0.329. The van der Waals surface area contributed by atoms with Crippen molar-refractivity contribution < 1.29 is 9.53 Å². The number of ether oxygens (including phenoxy) is 1. The maximum Gasteiger partial charge on any atom is 0.418 e. The van der Waals surface area contributed by atoms with Gasteiger partial charge in [0.05, 0.1) is 5.52 Å². The fourth-order valence-electron chi connectivity index (χ4n) is 1.97. The van der Waals surface area contributed by atoms with Crippen LogP contribution < -0.4 is 0 Å². The Labute approximate surface area is 107 Å². The van der Waals surface area contributed by atoms with E-state index in [4.69, 9.17) is 4.74 Å². The molecule has 1 aromatic carbocycles. The highest BCUT2D eigenvalue weighted by Gasteiger charge is 2.19. The van der Waals surface area contributed by atoms with Gasteiger partial charge in [-0.3, -0.25) is 4.57 Å². The average molecular weight is 245 g/mol. The first-order valence-electron chi connectivity index (χ1n) is 6.09. The number of aryl methyl sites for hydroxylation is 2. The number of rotatable bonds is 0. The molecule has 0 aliphatic rings. The Morgan fingerprint density at radius 3 is 2.50 bits per heavy atom. The number of nitrogens with zero attached hydrogens (tertiary/aromatic N) is 1. The van der Waals surface area contributed by atoms with Crippen molar-refractivity contribution in [2.45, 2.75) is 40.2 Å². The second-order valence-electron chi connectivity index (χ2n) is 5.68. The van der Waals surface area contributed by atoms with Gasteiger partial charge < -0.3 is 4.74 Å². The molecule has 0 bridgehead atoms. The summed E-state index contributed by atoms with van der Waals surface area (Å²) in [6, 6.07) is 6.05. The summed E-state index contributed by atoms with van der Waals surface area (Å²) in [6.45, 7) is 9.65. The second-order valence-corrected chi connectivity index (χ2v) is 5.68. The summed E-state index contributed by atoms with van der Waals surface area (Å²) >= 11 is 0. The molecule has 1 heterocycles. The number of hydrogen-bond acceptors (Lipinski definition) is 2.